The van der Waals surface area contributed by atoms with Crippen molar-refractivity contribution in [2.45, 2.75) is 13.5 Å². The predicted octanol–water partition coefficient (Wildman–Crippen LogP) is 1.39. The van der Waals surface area contributed by atoms with Crippen molar-refractivity contribution >= 4 is 23.0 Å². The van der Waals surface area contributed by atoms with Crippen LogP contribution in [0, 0.1) is 6.92 Å². The summed E-state index contributed by atoms with van der Waals surface area (Å²) in [5, 5.41) is 4.16. The van der Waals surface area contributed by atoms with Crippen LogP contribution in [0.3, 0.4) is 0 Å². The normalized spacial score (nSPS) is 10.5. The number of pyridine rings is 1. The van der Waals surface area contributed by atoms with Gasteiger partial charge in [0.2, 0.25) is 0 Å². The van der Waals surface area contributed by atoms with E-state index in [2.05, 4.69) is 10.1 Å². The third-order valence-corrected chi connectivity index (χ3v) is 3.13. The van der Waals surface area contributed by atoms with Crippen LogP contribution >= 0.6 is 12.2 Å². The molecule has 0 unspecified atom stereocenters. The van der Waals surface area contributed by atoms with E-state index in [1.807, 2.05) is 44.4 Å². The molecule has 0 amide bonds. The Bertz CT molecular complexity index is 605. The second kappa shape index (κ2) is 5.36. The average molecular weight is 275 g/mol. The Balaban J connectivity index is 2.31. The van der Waals surface area contributed by atoms with E-state index in [9.17, 15) is 0 Å². The first kappa shape index (κ1) is 13.5. The number of thiocarbonyl (C=S) groups is 1. The molecule has 0 spiro atoms. The molecule has 2 aromatic rings. The van der Waals surface area contributed by atoms with Gasteiger partial charge in [-0.3, -0.25) is 4.68 Å². The van der Waals surface area contributed by atoms with Crippen molar-refractivity contribution in [2.24, 2.45) is 12.8 Å². The molecule has 0 saturated heterocycles. The van der Waals surface area contributed by atoms with Gasteiger partial charge in [0.15, 0.2) is 0 Å². The summed E-state index contributed by atoms with van der Waals surface area (Å²) >= 11 is 5.12. The lowest BCUT2D eigenvalue weighted by Crippen LogP contribution is -2.23. The third kappa shape index (κ3) is 2.90. The van der Waals surface area contributed by atoms with Crippen LogP contribution in [-0.4, -0.2) is 26.8 Å². The summed E-state index contributed by atoms with van der Waals surface area (Å²) in [5.41, 5.74) is 8.79. The zero-order chi connectivity index (χ0) is 14.0. The Morgan fingerprint density at radius 1 is 1.53 bits per heavy atom. The standard InChI is InChI=1S/C13H17N5S/c1-9-4-5-15-13(11(9)12(14)19)17(2)7-10-6-16-18(3)8-10/h4-6,8H,7H2,1-3H3,(H2,14,19). The number of anilines is 1. The molecular weight excluding hydrogens is 258 g/mol. The van der Waals surface area contributed by atoms with E-state index in [1.54, 1.807) is 10.9 Å². The zero-order valence-corrected chi connectivity index (χ0v) is 12.1. The van der Waals surface area contributed by atoms with E-state index in [1.165, 1.54) is 0 Å². The molecule has 0 aromatic carbocycles. The van der Waals surface area contributed by atoms with Crippen LogP contribution in [0.4, 0.5) is 5.82 Å². The first-order chi connectivity index (χ1) is 8.99. The van der Waals surface area contributed by atoms with E-state index < -0.39 is 0 Å². The second-order valence-electron chi connectivity index (χ2n) is 4.57. The minimum Gasteiger partial charge on any atom is -0.389 e. The lowest BCUT2D eigenvalue weighted by Gasteiger charge is -2.21. The molecule has 2 N–H and O–H groups in total. The summed E-state index contributed by atoms with van der Waals surface area (Å²) < 4.78 is 1.78. The molecule has 0 atom stereocenters. The molecular formula is C13H17N5S. The molecule has 0 bridgehead atoms. The smallest absolute Gasteiger partial charge is 0.139 e. The molecule has 0 aliphatic carbocycles. The molecule has 2 rings (SSSR count). The Kier molecular flexibility index (Phi) is 3.80. The van der Waals surface area contributed by atoms with Crippen LogP contribution in [0.1, 0.15) is 16.7 Å². The van der Waals surface area contributed by atoms with Gasteiger partial charge in [-0.1, -0.05) is 12.2 Å². The molecule has 100 valence electrons. The van der Waals surface area contributed by atoms with Crippen LogP contribution < -0.4 is 10.6 Å². The second-order valence-corrected chi connectivity index (χ2v) is 5.01. The molecule has 5 nitrogen and oxygen atoms in total. The molecule has 0 radical (unpaired) electrons. The van der Waals surface area contributed by atoms with Gasteiger partial charge in [-0.2, -0.15) is 5.10 Å². The van der Waals surface area contributed by atoms with Crippen LogP contribution in [-0.2, 0) is 13.6 Å². The van der Waals surface area contributed by atoms with Crippen LogP contribution in [0.15, 0.2) is 24.7 Å². The first-order valence-electron chi connectivity index (χ1n) is 5.93. The van der Waals surface area contributed by atoms with E-state index in [-0.39, 0.29) is 0 Å². The highest BCUT2D eigenvalue weighted by molar-refractivity contribution is 7.80. The number of aryl methyl sites for hydroxylation is 2. The van der Waals surface area contributed by atoms with Gasteiger partial charge in [-0.25, -0.2) is 4.98 Å². The molecule has 0 aliphatic rings. The van der Waals surface area contributed by atoms with Crippen molar-refractivity contribution in [2.75, 3.05) is 11.9 Å². The van der Waals surface area contributed by atoms with Crippen molar-refractivity contribution < 1.29 is 0 Å². The van der Waals surface area contributed by atoms with E-state index in [0.29, 0.717) is 11.5 Å². The fourth-order valence-corrected chi connectivity index (χ4v) is 2.29. The summed E-state index contributed by atoms with van der Waals surface area (Å²) in [5.74, 6) is 0.802. The van der Waals surface area contributed by atoms with Gasteiger partial charge in [-0.05, 0) is 18.6 Å². The largest absolute Gasteiger partial charge is 0.389 e. The summed E-state index contributed by atoms with van der Waals surface area (Å²) in [6.45, 7) is 2.69. The van der Waals surface area contributed by atoms with Gasteiger partial charge < -0.3 is 10.6 Å². The summed E-state index contributed by atoms with van der Waals surface area (Å²) in [7, 11) is 3.87. The fourth-order valence-electron chi connectivity index (χ4n) is 2.04. The topological polar surface area (TPSA) is 60.0 Å². The first-order valence-corrected chi connectivity index (χ1v) is 6.34. The van der Waals surface area contributed by atoms with Crippen molar-refractivity contribution in [1.82, 2.24) is 14.8 Å². The van der Waals surface area contributed by atoms with Gasteiger partial charge in [0.05, 0.1) is 11.8 Å². The summed E-state index contributed by atoms with van der Waals surface area (Å²) in [6, 6.07) is 1.91. The van der Waals surface area contributed by atoms with E-state index >= 15 is 0 Å². The number of aromatic nitrogens is 3. The number of hydrogen-bond donors (Lipinski definition) is 1. The lowest BCUT2D eigenvalue weighted by atomic mass is 10.1. The number of nitrogens with zero attached hydrogens (tertiary/aromatic N) is 4. The van der Waals surface area contributed by atoms with Crippen molar-refractivity contribution in [1.29, 1.82) is 0 Å². The Hall–Kier alpha value is -1.95. The van der Waals surface area contributed by atoms with Crippen LogP contribution in [0.2, 0.25) is 0 Å². The predicted molar refractivity (Wildman–Crippen MR) is 80.2 cm³/mol. The molecule has 6 heteroatoms. The summed E-state index contributed by atoms with van der Waals surface area (Å²) in [4.78, 5) is 6.79. The van der Waals surface area contributed by atoms with Crippen molar-refractivity contribution in [3.05, 3.63) is 41.3 Å². The molecule has 0 aliphatic heterocycles. The minimum atomic E-state index is 0.374. The number of hydrogen-bond acceptors (Lipinski definition) is 4. The number of rotatable bonds is 4. The Labute approximate surface area is 118 Å². The quantitative estimate of drug-likeness (QED) is 0.855. The Morgan fingerprint density at radius 2 is 2.26 bits per heavy atom. The molecule has 2 heterocycles. The molecule has 0 fully saturated rings. The lowest BCUT2D eigenvalue weighted by molar-refractivity contribution is 0.766. The molecule has 2 aromatic heterocycles. The van der Waals surface area contributed by atoms with E-state index in [4.69, 9.17) is 18.0 Å². The minimum absolute atomic E-state index is 0.374. The van der Waals surface area contributed by atoms with Crippen LogP contribution in [0.25, 0.3) is 0 Å². The van der Waals surface area contributed by atoms with Gasteiger partial charge in [-0.15, -0.1) is 0 Å². The SMILES string of the molecule is Cc1ccnc(N(C)Cc2cnn(C)c2)c1C(N)=S. The maximum absolute atomic E-state index is 5.80. The van der Waals surface area contributed by atoms with Crippen LogP contribution in [0.5, 0.6) is 0 Å². The van der Waals surface area contributed by atoms with Gasteiger partial charge >= 0.3 is 0 Å². The third-order valence-electron chi connectivity index (χ3n) is 2.93. The van der Waals surface area contributed by atoms with Crippen molar-refractivity contribution in [3.8, 4) is 0 Å². The zero-order valence-electron chi connectivity index (χ0n) is 11.3. The highest BCUT2D eigenvalue weighted by atomic mass is 32.1. The van der Waals surface area contributed by atoms with E-state index in [0.717, 1.165) is 22.5 Å². The molecule has 19 heavy (non-hydrogen) atoms. The maximum atomic E-state index is 5.80. The monoisotopic (exact) mass is 275 g/mol. The maximum Gasteiger partial charge on any atom is 0.139 e. The van der Waals surface area contributed by atoms with Gasteiger partial charge in [0.25, 0.3) is 0 Å². The number of nitrogens with two attached hydrogens (primary N) is 1. The highest BCUT2D eigenvalue weighted by Crippen LogP contribution is 2.21. The highest BCUT2D eigenvalue weighted by Gasteiger charge is 2.14. The van der Waals surface area contributed by atoms with Gasteiger partial charge in [0.1, 0.15) is 10.8 Å². The fraction of sp³-hybridized carbons (Fsp3) is 0.308. The summed E-state index contributed by atoms with van der Waals surface area (Å²) in [6.07, 6.45) is 5.59. The van der Waals surface area contributed by atoms with Gasteiger partial charge in [0, 0.05) is 38.6 Å². The van der Waals surface area contributed by atoms with Crippen molar-refractivity contribution in [3.63, 3.8) is 0 Å². The molecule has 0 saturated carbocycles. The Morgan fingerprint density at radius 3 is 2.84 bits per heavy atom. The average Bonchev–Trinajstić information content (AvgIpc) is 2.73.